The van der Waals surface area contributed by atoms with E-state index in [2.05, 4.69) is 0 Å². The van der Waals surface area contributed by atoms with Gasteiger partial charge in [0.05, 0.1) is 6.67 Å². The van der Waals surface area contributed by atoms with Crippen LogP contribution in [0, 0.1) is 5.82 Å². The maximum absolute atomic E-state index is 13.4. The van der Waals surface area contributed by atoms with E-state index in [0.29, 0.717) is 43.1 Å². The first-order valence-corrected chi connectivity index (χ1v) is 4.95. The first-order chi connectivity index (χ1) is 7.31. The molecule has 0 saturated heterocycles. The summed E-state index contributed by atoms with van der Waals surface area (Å²) in [6, 6.07) is 2.90. The zero-order chi connectivity index (χ0) is 10.7. The van der Waals surface area contributed by atoms with Crippen LogP contribution in [0.25, 0.3) is 0 Å². The molecule has 0 radical (unpaired) electrons. The fourth-order valence-corrected chi connectivity index (χ4v) is 1.55. The number of halogens is 2. The normalized spacial score (nSPS) is 14.0. The third kappa shape index (κ3) is 2.19. The highest BCUT2D eigenvalue weighted by Crippen LogP contribution is 2.32. The number of hydrogen-bond donors (Lipinski definition) is 0. The van der Waals surface area contributed by atoms with Gasteiger partial charge in [0.25, 0.3) is 0 Å². The summed E-state index contributed by atoms with van der Waals surface area (Å²) in [4.78, 5) is 0. The highest BCUT2D eigenvalue weighted by atomic mass is 19.1. The smallest absolute Gasteiger partial charge is 0.164 e. The molecular formula is C11H12F2O2. The number of hydrogen-bond acceptors (Lipinski definition) is 2. The van der Waals surface area contributed by atoms with Crippen LogP contribution in [0.5, 0.6) is 11.5 Å². The van der Waals surface area contributed by atoms with Crippen molar-refractivity contribution in [3.63, 3.8) is 0 Å². The van der Waals surface area contributed by atoms with Crippen LogP contribution in [0.2, 0.25) is 0 Å². The van der Waals surface area contributed by atoms with Gasteiger partial charge in [0, 0.05) is 6.07 Å². The van der Waals surface area contributed by atoms with Gasteiger partial charge >= 0.3 is 0 Å². The fourth-order valence-electron chi connectivity index (χ4n) is 1.55. The molecule has 0 aromatic heterocycles. The Hall–Kier alpha value is -1.32. The van der Waals surface area contributed by atoms with Crippen molar-refractivity contribution < 1.29 is 18.3 Å². The predicted octanol–water partition coefficient (Wildman–Crippen LogP) is 2.50. The van der Waals surface area contributed by atoms with E-state index in [-0.39, 0.29) is 5.82 Å². The van der Waals surface area contributed by atoms with Gasteiger partial charge in [-0.1, -0.05) is 0 Å². The minimum atomic E-state index is -0.437. The summed E-state index contributed by atoms with van der Waals surface area (Å²) in [5.74, 6) is 0.631. The second-order valence-electron chi connectivity index (χ2n) is 3.38. The van der Waals surface area contributed by atoms with E-state index < -0.39 is 6.67 Å². The van der Waals surface area contributed by atoms with Crippen LogP contribution in [0.15, 0.2) is 12.1 Å². The first kappa shape index (κ1) is 10.2. The number of aryl methyl sites for hydroxylation is 1. The molecule has 0 saturated carbocycles. The van der Waals surface area contributed by atoms with Gasteiger partial charge in [-0.05, 0) is 24.5 Å². The molecule has 0 amide bonds. The fraction of sp³-hybridized carbons (Fsp3) is 0.455. The molecule has 4 heteroatoms. The van der Waals surface area contributed by atoms with Gasteiger partial charge in [0.2, 0.25) is 0 Å². The molecule has 2 nitrogen and oxygen atoms in total. The van der Waals surface area contributed by atoms with E-state index in [1.807, 2.05) is 0 Å². The molecule has 0 spiro atoms. The molecule has 1 heterocycles. The second-order valence-corrected chi connectivity index (χ2v) is 3.38. The van der Waals surface area contributed by atoms with Crippen LogP contribution in [0.1, 0.15) is 12.0 Å². The topological polar surface area (TPSA) is 18.5 Å². The molecule has 2 rings (SSSR count). The van der Waals surface area contributed by atoms with E-state index >= 15 is 0 Å². The molecule has 0 fully saturated rings. The summed E-state index contributed by atoms with van der Waals surface area (Å²) in [7, 11) is 0. The molecule has 1 aliphatic rings. The van der Waals surface area contributed by atoms with Crippen molar-refractivity contribution in [3.05, 3.63) is 23.5 Å². The Morgan fingerprint density at radius 3 is 2.47 bits per heavy atom. The molecule has 1 aromatic rings. The minimum Gasteiger partial charge on any atom is -0.486 e. The lowest BCUT2D eigenvalue weighted by Gasteiger charge is -2.19. The lowest BCUT2D eigenvalue weighted by molar-refractivity contribution is 0.170. The number of benzene rings is 1. The zero-order valence-electron chi connectivity index (χ0n) is 8.26. The summed E-state index contributed by atoms with van der Waals surface area (Å²) in [6.07, 6.45) is 0.718. The van der Waals surface area contributed by atoms with Gasteiger partial charge in [-0.3, -0.25) is 4.39 Å². The van der Waals surface area contributed by atoms with Crippen LogP contribution < -0.4 is 9.47 Å². The van der Waals surface area contributed by atoms with Gasteiger partial charge in [-0.2, -0.15) is 0 Å². The van der Waals surface area contributed by atoms with Crippen LogP contribution in [0.3, 0.4) is 0 Å². The summed E-state index contributed by atoms with van der Waals surface area (Å²) in [5.41, 5.74) is 0.483. The molecule has 1 aliphatic heterocycles. The van der Waals surface area contributed by atoms with E-state index in [1.54, 1.807) is 6.07 Å². The second kappa shape index (κ2) is 4.47. The number of ether oxygens (including phenoxy) is 2. The third-order valence-corrected chi connectivity index (χ3v) is 2.29. The Morgan fingerprint density at radius 2 is 1.80 bits per heavy atom. The lowest BCUT2D eigenvalue weighted by atomic mass is 10.1. The Balaban J connectivity index is 2.24. The molecule has 0 unspecified atom stereocenters. The van der Waals surface area contributed by atoms with Gasteiger partial charge in [-0.25, -0.2) is 4.39 Å². The van der Waals surface area contributed by atoms with Gasteiger partial charge in [0.1, 0.15) is 19.0 Å². The summed E-state index contributed by atoms with van der Waals surface area (Å²) in [6.45, 7) is 0.478. The monoisotopic (exact) mass is 214 g/mol. The van der Waals surface area contributed by atoms with Crippen LogP contribution in [-0.2, 0) is 6.42 Å². The third-order valence-electron chi connectivity index (χ3n) is 2.29. The highest BCUT2D eigenvalue weighted by molar-refractivity contribution is 5.44. The molecular weight excluding hydrogens is 202 g/mol. The van der Waals surface area contributed by atoms with Crippen molar-refractivity contribution in [1.29, 1.82) is 0 Å². The van der Waals surface area contributed by atoms with Crippen LogP contribution >= 0.6 is 0 Å². The quantitative estimate of drug-likeness (QED) is 0.769. The molecule has 1 aromatic carbocycles. The van der Waals surface area contributed by atoms with Gasteiger partial charge < -0.3 is 9.47 Å². The van der Waals surface area contributed by atoms with Crippen LogP contribution in [-0.4, -0.2) is 19.9 Å². The van der Waals surface area contributed by atoms with E-state index in [4.69, 9.17) is 9.47 Å². The SMILES string of the molecule is FCCCc1cc2c(cc1F)OCCO2. The highest BCUT2D eigenvalue weighted by Gasteiger charge is 2.15. The van der Waals surface area contributed by atoms with E-state index in [9.17, 15) is 8.78 Å². The zero-order valence-corrected chi connectivity index (χ0v) is 8.26. The summed E-state index contributed by atoms with van der Waals surface area (Å²) in [5, 5.41) is 0. The molecule has 0 N–H and O–H groups in total. The lowest BCUT2D eigenvalue weighted by Crippen LogP contribution is -2.16. The van der Waals surface area contributed by atoms with E-state index in [1.165, 1.54) is 6.07 Å². The average molecular weight is 214 g/mol. The Kier molecular flexibility index (Phi) is 3.04. The molecule has 0 bridgehead atoms. The standard InChI is InChI=1S/C11H12F2O2/c12-3-1-2-8-6-10-11(7-9(8)13)15-5-4-14-10/h6-7H,1-5H2. The Morgan fingerprint density at radius 1 is 1.13 bits per heavy atom. The average Bonchev–Trinajstić information content (AvgIpc) is 2.26. The van der Waals surface area contributed by atoms with Gasteiger partial charge in [0.15, 0.2) is 11.5 Å². The summed E-state index contributed by atoms with van der Waals surface area (Å²) < 4.78 is 36.0. The number of rotatable bonds is 3. The largest absolute Gasteiger partial charge is 0.486 e. The number of fused-ring (bicyclic) bond motifs is 1. The van der Waals surface area contributed by atoms with Crippen molar-refractivity contribution in [2.24, 2.45) is 0 Å². The van der Waals surface area contributed by atoms with Crippen molar-refractivity contribution in [1.82, 2.24) is 0 Å². The van der Waals surface area contributed by atoms with Crippen molar-refractivity contribution >= 4 is 0 Å². The summed E-state index contributed by atoms with van der Waals surface area (Å²) >= 11 is 0. The number of alkyl halides is 1. The molecule has 0 aliphatic carbocycles. The van der Waals surface area contributed by atoms with Crippen molar-refractivity contribution in [3.8, 4) is 11.5 Å². The molecule has 82 valence electrons. The van der Waals surface area contributed by atoms with Crippen LogP contribution in [0.4, 0.5) is 8.78 Å². The maximum Gasteiger partial charge on any atom is 0.164 e. The van der Waals surface area contributed by atoms with Crippen molar-refractivity contribution in [2.45, 2.75) is 12.8 Å². The first-order valence-electron chi connectivity index (χ1n) is 4.95. The minimum absolute atomic E-state index is 0.330. The van der Waals surface area contributed by atoms with E-state index in [0.717, 1.165) is 0 Å². The molecule has 0 atom stereocenters. The van der Waals surface area contributed by atoms with Gasteiger partial charge in [-0.15, -0.1) is 0 Å². The Bertz CT molecular complexity index is 353. The Labute approximate surface area is 86.8 Å². The maximum atomic E-state index is 13.4. The predicted molar refractivity (Wildman–Crippen MR) is 51.7 cm³/mol. The van der Waals surface area contributed by atoms with Crippen molar-refractivity contribution in [2.75, 3.05) is 19.9 Å². The molecule has 15 heavy (non-hydrogen) atoms.